The van der Waals surface area contributed by atoms with Crippen LogP contribution in [0.5, 0.6) is 0 Å². The Hall–Kier alpha value is -2.85. The standard InChI is InChI=1S/C27H31ClN2O2/c1-4-19(2)29-27(32)20(3)30(18-21-9-7-13-24(28)17-21)26(31)16-15-23-12-8-11-22-10-5-6-14-25(22)23/h5-14,17,19-20H,4,15-16,18H2,1-3H3,(H,29,32)/t19-,20+/m0/s1. The number of amides is 2. The molecular weight excluding hydrogens is 420 g/mol. The zero-order chi connectivity index (χ0) is 23.1. The lowest BCUT2D eigenvalue weighted by molar-refractivity contribution is -0.140. The molecule has 0 saturated carbocycles. The van der Waals surface area contributed by atoms with Gasteiger partial charge in [-0.15, -0.1) is 0 Å². The molecule has 0 unspecified atom stereocenters. The molecule has 0 radical (unpaired) electrons. The third-order valence-corrected chi connectivity index (χ3v) is 6.13. The van der Waals surface area contributed by atoms with Crippen molar-refractivity contribution in [3.63, 3.8) is 0 Å². The van der Waals surface area contributed by atoms with Crippen LogP contribution in [-0.4, -0.2) is 28.8 Å². The van der Waals surface area contributed by atoms with E-state index < -0.39 is 6.04 Å². The maximum absolute atomic E-state index is 13.4. The zero-order valence-corrected chi connectivity index (χ0v) is 19.7. The number of benzene rings is 3. The van der Waals surface area contributed by atoms with Gasteiger partial charge in [0.05, 0.1) is 0 Å². The Morgan fingerprint density at radius 2 is 1.72 bits per heavy atom. The van der Waals surface area contributed by atoms with E-state index in [1.165, 1.54) is 0 Å². The van der Waals surface area contributed by atoms with E-state index in [2.05, 4.69) is 29.6 Å². The van der Waals surface area contributed by atoms with Gasteiger partial charge in [0.1, 0.15) is 6.04 Å². The van der Waals surface area contributed by atoms with Gasteiger partial charge >= 0.3 is 0 Å². The molecule has 3 aromatic rings. The quantitative estimate of drug-likeness (QED) is 0.450. The van der Waals surface area contributed by atoms with Crippen molar-refractivity contribution < 1.29 is 9.59 Å². The molecule has 4 nitrogen and oxygen atoms in total. The van der Waals surface area contributed by atoms with Gasteiger partial charge in [-0.1, -0.05) is 73.1 Å². The molecule has 5 heteroatoms. The summed E-state index contributed by atoms with van der Waals surface area (Å²) in [5, 5.41) is 5.93. The average molecular weight is 451 g/mol. The van der Waals surface area contributed by atoms with Crippen LogP contribution in [0.25, 0.3) is 10.8 Å². The van der Waals surface area contributed by atoms with Crippen molar-refractivity contribution in [1.29, 1.82) is 0 Å². The van der Waals surface area contributed by atoms with Gasteiger partial charge in [0.2, 0.25) is 11.8 Å². The minimum Gasteiger partial charge on any atom is -0.352 e. The van der Waals surface area contributed by atoms with Gasteiger partial charge in [0.25, 0.3) is 0 Å². The van der Waals surface area contributed by atoms with Crippen LogP contribution >= 0.6 is 11.6 Å². The van der Waals surface area contributed by atoms with Crippen molar-refractivity contribution in [1.82, 2.24) is 10.2 Å². The maximum Gasteiger partial charge on any atom is 0.242 e. The molecule has 0 aliphatic carbocycles. The lowest BCUT2D eigenvalue weighted by atomic mass is 10.0. The molecule has 0 spiro atoms. The molecule has 0 aromatic heterocycles. The average Bonchev–Trinajstić information content (AvgIpc) is 2.80. The Balaban J connectivity index is 1.79. The normalized spacial score (nSPS) is 12.9. The van der Waals surface area contributed by atoms with E-state index in [9.17, 15) is 9.59 Å². The van der Waals surface area contributed by atoms with Gasteiger partial charge in [0.15, 0.2) is 0 Å². The summed E-state index contributed by atoms with van der Waals surface area (Å²) < 4.78 is 0. The first-order chi connectivity index (χ1) is 15.4. The number of fused-ring (bicyclic) bond motifs is 1. The number of rotatable bonds is 9. The summed E-state index contributed by atoms with van der Waals surface area (Å²) in [6.07, 6.45) is 1.78. The van der Waals surface area contributed by atoms with Gasteiger partial charge < -0.3 is 10.2 Å². The number of hydrogen-bond acceptors (Lipinski definition) is 2. The minimum absolute atomic E-state index is 0.0512. The minimum atomic E-state index is -0.581. The topological polar surface area (TPSA) is 49.4 Å². The summed E-state index contributed by atoms with van der Waals surface area (Å²) in [5.74, 6) is -0.190. The molecule has 3 aromatic carbocycles. The molecule has 3 rings (SSSR count). The third kappa shape index (κ3) is 6.10. The third-order valence-electron chi connectivity index (χ3n) is 5.90. The highest BCUT2D eigenvalue weighted by Crippen LogP contribution is 2.21. The number of carbonyl (C=O) groups is 2. The summed E-state index contributed by atoms with van der Waals surface area (Å²) in [7, 11) is 0. The van der Waals surface area contributed by atoms with Crippen LogP contribution in [0.15, 0.2) is 66.7 Å². The number of hydrogen-bond donors (Lipinski definition) is 1. The lowest BCUT2D eigenvalue weighted by Crippen LogP contribution is -2.49. The fourth-order valence-electron chi connectivity index (χ4n) is 3.78. The molecule has 0 saturated heterocycles. The van der Waals surface area contributed by atoms with Crippen LogP contribution in [0.3, 0.4) is 0 Å². The summed E-state index contributed by atoms with van der Waals surface area (Å²) in [6, 6.07) is 21.3. The molecule has 2 atom stereocenters. The highest BCUT2D eigenvalue weighted by Gasteiger charge is 2.26. The summed E-state index contributed by atoms with van der Waals surface area (Å²) in [4.78, 5) is 27.9. The first kappa shape index (κ1) is 23.8. The van der Waals surface area contributed by atoms with Crippen molar-refractivity contribution in [2.45, 2.75) is 58.7 Å². The Morgan fingerprint density at radius 3 is 2.47 bits per heavy atom. The monoisotopic (exact) mass is 450 g/mol. The van der Waals surface area contributed by atoms with E-state index in [-0.39, 0.29) is 17.9 Å². The number of halogens is 1. The Bertz CT molecular complexity index is 1080. The zero-order valence-electron chi connectivity index (χ0n) is 19.0. The molecule has 0 heterocycles. The first-order valence-corrected chi connectivity index (χ1v) is 11.6. The Labute approximate surface area is 195 Å². The molecule has 2 amide bonds. The van der Waals surface area contributed by atoms with Crippen LogP contribution in [0.1, 0.15) is 44.7 Å². The number of aryl methyl sites for hydroxylation is 1. The smallest absolute Gasteiger partial charge is 0.242 e. The fraction of sp³-hybridized carbons (Fsp3) is 0.333. The van der Waals surface area contributed by atoms with E-state index in [4.69, 9.17) is 11.6 Å². The largest absolute Gasteiger partial charge is 0.352 e. The van der Waals surface area contributed by atoms with E-state index in [0.29, 0.717) is 24.4 Å². The van der Waals surface area contributed by atoms with Crippen molar-refractivity contribution in [2.24, 2.45) is 0 Å². The molecule has 32 heavy (non-hydrogen) atoms. The fourth-order valence-corrected chi connectivity index (χ4v) is 3.99. The molecule has 1 N–H and O–H groups in total. The number of nitrogens with one attached hydrogen (secondary N) is 1. The molecular formula is C27H31ClN2O2. The van der Waals surface area contributed by atoms with Gasteiger partial charge in [-0.05, 0) is 60.7 Å². The van der Waals surface area contributed by atoms with Crippen molar-refractivity contribution in [3.8, 4) is 0 Å². The highest BCUT2D eigenvalue weighted by molar-refractivity contribution is 6.30. The van der Waals surface area contributed by atoms with Crippen LogP contribution in [0, 0.1) is 0 Å². The summed E-state index contributed by atoms with van der Waals surface area (Å²) in [5.41, 5.74) is 2.04. The van der Waals surface area contributed by atoms with E-state index in [0.717, 1.165) is 28.3 Å². The van der Waals surface area contributed by atoms with Crippen molar-refractivity contribution in [3.05, 3.63) is 82.9 Å². The van der Waals surface area contributed by atoms with E-state index >= 15 is 0 Å². The Morgan fingerprint density at radius 1 is 1.00 bits per heavy atom. The second kappa shape index (κ2) is 11.1. The lowest BCUT2D eigenvalue weighted by Gasteiger charge is -2.30. The van der Waals surface area contributed by atoms with Crippen LogP contribution in [-0.2, 0) is 22.6 Å². The summed E-state index contributed by atoms with van der Waals surface area (Å²) in [6.45, 7) is 6.12. The van der Waals surface area contributed by atoms with Gasteiger partial charge in [-0.2, -0.15) is 0 Å². The summed E-state index contributed by atoms with van der Waals surface area (Å²) >= 11 is 6.15. The van der Waals surface area contributed by atoms with E-state index in [1.807, 2.05) is 50.2 Å². The van der Waals surface area contributed by atoms with Crippen LogP contribution in [0.2, 0.25) is 5.02 Å². The van der Waals surface area contributed by atoms with Gasteiger partial charge in [-0.25, -0.2) is 0 Å². The van der Waals surface area contributed by atoms with Crippen molar-refractivity contribution >= 4 is 34.2 Å². The highest BCUT2D eigenvalue weighted by atomic mass is 35.5. The van der Waals surface area contributed by atoms with Gasteiger partial charge in [-0.3, -0.25) is 9.59 Å². The second-order valence-corrected chi connectivity index (χ2v) is 8.72. The van der Waals surface area contributed by atoms with Crippen LogP contribution < -0.4 is 5.32 Å². The molecule has 0 aliphatic rings. The number of nitrogens with zero attached hydrogens (tertiary/aromatic N) is 1. The Kier molecular flexibility index (Phi) is 8.29. The molecule has 0 bridgehead atoms. The maximum atomic E-state index is 13.4. The van der Waals surface area contributed by atoms with E-state index in [1.54, 1.807) is 17.9 Å². The predicted octanol–water partition coefficient (Wildman–Crippen LogP) is 5.76. The first-order valence-electron chi connectivity index (χ1n) is 11.2. The molecule has 168 valence electrons. The van der Waals surface area contributed by atoms with Gasteiger partial charge in [0, 0.05) is 24.0 Å². The SMILES string of the molecule is CC[C@H](C)NC(=O)[C@@H](C)N(Cc1cccc(Cl)c1)C(=O)CCc1cccc2ccccc12. The van der Waals surface area contributed by atoms with Crippen LogP contribution in [0.4, 0.5) is 0 Å². The van der Waals surface area contributed by atoms with Crippen molar-refractivity contribution in [2.75, 3.05) is 0 Å². The second-order valence-electron chi connectivity index (χ2n) is 8.28. The molecule has 0 fully saturated rings. The number of carbonyl (C=O) groups excluding carboxylic acids is 2. The molecule has 0 aliphatic heterocycles. The predicted molar refractivity (Wildman–Crippen MR) is 132 cm³/mol.